The molecule has 29 heavy (non-hydrogen) atoms. The van der Waals surface area contributed by atoms with E-state index in [1.54, 1.807) is 12.2 Å². The zero-order valence-electron chi connectivity index (χ0n) is 16.8. The highest BCUT2D eigenvalue weighted by atomic mass is 32.2. The molecule has 0 saturated heterocycles. The molecule has 1 aliphatic rings. The van der Waals surface area contributed by atoms with Crippen molar-refractivity contribution < 1.29 is 12.7 Å². The van der Waals surface area contributed by atoms with Crippen molar-refractivity contribution in [1.82, 2.24) is 4.72 Å². The van der Waals surface area contributed by atoms with Gasteiger partial charge in [-0.3, -0.25) is 4.28 Å². The first kappa shape index (κ1) is 23.2. The van der Waals surface area contributed by atoms with Crippen molar-refractivity contribution in [3.05, 3.63) is 52.4 Å². The molecular formula is C21H27N3O3S2. The quantitative estimate of drug-likeness (QED) is 0.299. The summed E-state index contributed by atoms with van der Waals surface area (Å²) in [6.07, 6.45) is 9.83. The molecule has 1 aromatic rings. The normalized spacial score (nSPS) is 16.8. The van der Waals surface area contributed by atoms with Gasteiger partial charge < -0.3 is 0 Å². The van der Waals surface area contributed by atoms with Crippen molar-refractivity contribution in [3.63, 3.8) is 0 Å². The minimum Gasteiger partial charge on any atom is -0.255 e. The van der Waals surface area contributed by atoms with Crippen molar-refractivity contribution in [2.45, 2.75) is 52.4 Å². The third-order valence-corrected chi connectivity index (χ3v) is 6.21. The Balaban J connectivity index is 1.89. The van der Waals surface area contributed by atoms with Gasteiger partial charge in [-0.25, -0.2) is 0 Å². The molecule has 0 atom stereocenters. The summed E-state index contributed by atoms with van der Waals surface area (Å²) >= 11 is 1.21. The van der Waals surface area contributed by atoms with Crippen molar-refractivity contribution in [2.75, 3.05) is 6.54 Å². The number of thioether (sulfide) groups is 1. The van der Waals surface area contributed by atoms with E-state index in [1.165, 1.54) is 31.0 Å². The molecule has 1 N–H and O–H groups in total. The second-order valence-electron chi connectivity index (χ2n) is 6.72. The lowest BCUT2D eigenvalue weighted by Crippen LogP contribution is -2.25. The van der Waals surface area contributed by atoms with E-state index >= 15 is 0 Å². The monoisotopic (exact) mass is 433 g/mol. The van der Waals surface area contributed by atoms with E-state index in [9.17, 15) is 13.7 Å². The highest BCUT2D eigenvalue weighted by Gasteiger charge is 2.18. The van der Waals surface area contributed by atoms with Crippen LogP contribution in [0.1, 0.15) is 56.6 Å². The summed E-state index contributed by atoms with van der Waals surface area (Å²) in [6, 6.07) is 9.85. The molecule has 1 heterocycles. The number of oxime groups is 1. The second-order valence-corrected chi connectivity index (χ2v) is 9.13. The molecule has 0 aromatic heterocycles. The van der Waals surface area contributed by atoms with Crippen LogP contribution in [0.2, 0.25) is 0 Å². The number of aryl methyl sites for hydroxylation is 1. The first-order chi connectivity index (χ1) is 14.0. The Morgan fingerprint density at radius 1 is 1.17 bits per heavy atom. The van der Waals surface area contributed by atoms with Gasteiger partial charge in [-0.05, 0) is 36.6 Å². The van der Waals surface area contributed by atoms with Gasteiger partial charge in [0.05, 0.1) is 5.57 Å². The first-order valence-corrected chi connectivity index (χ1v) is 12.0. The number of benzene rings is 1. The van der Waals surface area contributed by atoms with Gasteiger partial charge in [0.25, 0.3) is 0 Å². The molecule has 0 radical (unpaired) electrons. The summed E-state index contributed by atoms with van der Waals surface area (Å²) in [5, 5.41) is 13.7. The number of unbranched alkanes of at least 4 members (excludes halogenated alkanes) is 5. The summed E-state index contributed by atoms with van der Waals surface area (Å²) in [4.78, 5) is 0.710. The lowest BCUT2D eigenvalue weighted by atomic mass is 10.0. The average molecular weight is 434 g/mol. The number of allylic oxidation sites excluding steroid dienone is 2. The Morgan fingerprint density at radius 2 is 1.90 bits per heavy atom. The van der Waals surface area contributed by atoms with E-state index in [0.717, 1.165) is 30.4 Å². The second kappa shape index (κ2) is 11.8. The molecule has 0 saturated carbocycles. The van der Waals surface area contributed by atoms with Crippen molar-refractivity contribution >= 4 is 32.7 Å². The number of hydrogen-bond donors (Lipinski definition) is 1. The zero-order chi connectivity index (χ0) is 21.1. The van der Waals surface area contributed by atoms with E-state index in [2.05, 4.69) is 22.9 Å². The fraction of sp³-hybridized carbons (Fsp3) is 0.429. The lowest BCUT2D eigenvalue weighted by Gasteiger charge is -2.06. The Labute approximate surface area is 178 Å². The molecule has 1 aromatic carbocycles. The van der Waals surface area contributed by atoms with Crippen LogP contribution < -0.4 is 4.72 Å². The highest BCUT2D eigenvalue weighted by molar-refractivity contribution is 8.18. The highest BCUT2D eigenvalue weighted by Crippen LogP contribution is 2.34. The van der Waals surface area contributed by atoms with Gasteiger partial charge >= 0.3 is 10.3 Å². The van der Waals surface area contributed by atoms with Gasteiger partial charge in [0.1, 0.15) is 11.1 Å². The summed E-state index contributed by atoms with van der Waals surface area (Å²) in [5.41, 5.74) is 2.37. The van der Waals surface area contributed by atoms with Crippen LogP contribution in [0, 0.1) is 18.3 Å². The lowest BCUT2D eigenvalue weighted by molar-refractivity contribution is 0.332. The van der Waals surface area contributed by atoms with Crippen LogP contribution in [0.15, 0.2) is 46.5 Å². The van der Waals surface area contributed by atoms with Crippen LogP contribution in [-0.4, -0.2) is 20.0 Å². The first-order valence-electron chi connectivity index (χ1n) is 9.79. The molecule has 0 spiro atoms. The molecule has 0 unspecified atom stereocenters. The van der Waals surface area contributed by atoms with Gasteiger partial charge in [-0.2, -0.15) is 18.4 Å². The SMILES string of the molecule is CCCCCCCCNS(=O)(=O)O/N=C1C=C/C(=C(/C#N)c2ccccc2C)S\1. The maximum absolute atomic E-state index is 11.9. The number of nitrogens with zero attached hydrogens (tertiary/aromatic N) is 2. The summed E-state index contributed by atoms with van der Waals surface area (Å²) in [7, 11) is -3.93. The fourth-order valence-corrected chi connectivity index (χ4v) is 4.33. The maximum Gasteiger partial charge on any atom is 0.402 e. The molecule has 0 amide bonds. The predicted octanol–water partition coefficient (Wildman–Crippen LogP) is 5.06. The smallest absolute Gasteiger partial charge is 0.255 e. The molecule has 0 bridgehead atoms. The Morgan fingerprint density at radius 3 is 2.62 bits per heavy atom. The van der Waals surface area contributed by atoms with Crippen molar-refractivity contribution in [1.29, 1.82) is 5.26 Å². The van der Waals surface area contributed by atoms with Crippen LogP contribution >= 0.6 is 11.8 Å². The number of nitrogens with one attached hydrogen (secondary N) is 1. The van der Waals surface area contributed by atoms with Crippen molar-refractivity contribution in [2.24, 2.45) is 5.16 Å². The molecular weight excluding hydrogens is 406 g/mol. The van der Waals surface area contributed by atoms with Crippen LogP contribution in [0.3, 0.4) is 0 Å². The Kier molecular flexibility index (Phi) is 9.45. The van der Waals surface area contributed by atoms with Crippen LogP contribution in [0.4, 0.5) is 0 Å². The molecule has 8 heteroatoms. The standard InChI is InChI=1S/C21H27N3O3S2/c1-3-4-5-6-7-10-15-23-29(25,26)27-24-21-14-13-20(28-21)19(16-22)18-12-9-8-11-17(18)2/h8-9,11-14,23H,3-7,10,15H2,1-2H3/b20-19+,24-21+. The predicted molar refractivity (Wildman–Crippen MR) is 119 cm³/mol. The topological polar surface area (TPSA) is 91.6 Å². The molecule has 0 aliphatic carbocycles. The average Bonchev–Trinajstić information content (AvgIpc) is 3.17. The minimum absolute atomic E-state index is 0.333. The van der Waals surface area contributed by atoms with Gasteiger partial charge in [0.2, 0.25) is 0 Å². The van der Waals surface area contributed by atoms with Gasteiger partial charge in [-0.15, -0.1) is 0 Å². The maximum atomic E-state index is 11.9. The Hall–Kier alpha value is -2.08. The molecule has 2 rings (SSSR count). The number of nitriles is 1. The third-order valence-electron chi connectivity index (χ3n) is 4.40. The van der Waals surface area contributed by atoms with E-state index in [-0.39, 0.29) is 0 Å². The van der Waals surface area contributed by atoms with E-state index in [4.69, 9.17) is 4.28 Å². The molecule has 156 valence electrons. The third kappa shape index (κ3) is 7.69. The van der Waals surface area contributed by atoms with Gasteiger partial charge in [0, 0.05) is 11.4 Å². The van der Waals surface area contributed by atoms with Gasteiger partial charge in [-0.1, -0.05) is 80.2 Å². The molecule has 0 fully saturated rings. The summed E-state index contributed by atoms with van der Waals surface area (Å²) < 4.78 is 31.0. The minimum atomic E-state index is -3.93. The molecule has 1 aliphatic heterocycles. The van der Waals surface area contributed by atoms with Crippen molar-refractivity contribution in [3.8, 4) is 6.07 Å². The molecule has 6 nitrogen and oxygen atoms in total. The number of rotatable bonds is 11. The van der Waals surface area contributed by atoms with Crippen LogP contribution in [0.25, 0.3) is 5.57 Å². The van der Waals surface area contributed by atoms with Crippen LogP contribution in [0.5, 0.6) is 0 Å². The summed E-state index contributed by atoms with van der Waals surface area (Å²) in [5.74, 6) is 0. The van der Waals surface area contributed by atoms with E-state index in [1.807, 2.05) is 31.2 Å². The van der Waals surface area contributed by atoms with Crippen LogP contribution in [-0.2, 0) is 14.6 Å². The number of hydrogen-bond acceptors (Lipinski definition) is 6. The Bertz CT molecular complexity index is 929. The fourth-order valence-electron chi connectivity index (χ4n) is 2.83. The van der Waals surface area contributed by atoms with Gasteiger partial charge in [0.15, 0.2) is 0 Å². The largest absolute Gasteiger partial charge is 0.402 e. The van der Waals surface area contributed by atoms with E-state index < -0.39 is 10.3 Å². The zero-order valence-corrected chi connectivity index (χ0v) is 18.5. The summed E-state index contributed by atoms with van der Waals surface area (Å²) in [6.45, 7) is 4.43. The van der Waals surface area contributed by atoms with E-state index in [0.29, 0.717) is 22.1 Å².